The van der Waals surface area contributed by atoms with Gasteiger partial charge in [0.15, 0.2) is 6.10 Å². The lowest BCUT2D eigenvalue weighted by Crippen LogP contribution is -2.38. The highest BCUT2D eigenvalue weighted by Crippen LogP contribution is 2.22. The third kappa shape index (κ3) is 3.68. The first-order chi connectivity index (χ1) is 8.98. The van der Waals surface area contributed by atoms with Gasteiger partial charge in [-0.25, -0.2) is 0 Å². The molecule has 0 radical (unpaired) electrons. The quantitative estimate of drug-likeness (QED) is 0.880. The number of aliphatic hydroxyl groups is 1. The maximum atomic E-state index is 12.1. The van der Waals surface area contributed by atoms with E-state index in [2.05, 4.69) is 5.32 Å². The number of nitrogens with one attached hydrogen (secondary N) is 1. The number of benzene rings is 1. The van der Waals surface area contributed by atoms with Crippen molar-refractivity contribution in [2.45, 2.75) is 31.9 Å². The third-order valence-corrected chi connectivity index (χ3v) is 3.15. The second-order valence-corrected chi connectivity index (χ2v) is 4.55. The van der Waals surface area contributed by atoms with E-state index in [4.69, 9.17) is 9.84 Å². The molecule has 1 aliphatic rings. The number of hydrogen-bond acceptors (Lipinski definition) is 3. The van der Waals surface area contributed by atoms with E-state index in [1.54, 1.807) is 0 Å². The van der Waals surface area contributed by atoms with Gasteiger partial charge in [-0.3, -0.25) is 0 Å². The Kier molecular flexibility index (Phi) is 4.44. The van der Waals surface area contributed by atoms with Gasteiger partial charge in [-0.15, -0.1) is 0 Å². The summed E-state index contributed by atoms with van der Waals surface area (Å²) in [6.45, 7) is 1.00. The zero-order valence-corrected chi connectivity index (χ0v) is 10.3. The van der Waals surface area contributed by atoms with Gasteiger partial charge in [-0.1, -0.05) is 18.2 Å². The lowest BCUT2D eigenvalue weighted by molar-refractivity contribution is -0.201. The maximum absolute atomic E-state index is 12.1. The standard InChI is InChI=1S/C13H16F3NO2/c14-13(15,16)12(18)7-17-6-9-2-1-3-10-8-19-5-4-11(9)10/h1-3,12,17-18H,4-8H2. The summed E-state index contributed by atoms with van der Waals surface area (Å²) < 4.78 is 41.8. The number of aliphatic hydroxyl groups excluding tert-OH is 1. The van der Waals surface area contributed by atoms with E-state index < -0.39 is 18.8 Å². The largest absolute Gasteiger partial charge is 0.415 e. The van der Waals surface area contributed by atoms with E-state index in [0.717, 1.165) is 23.1 Å². The molecule has 0 spiro atoms. The highest BCUT2D eigenvalue weighted by Gasteiger charge is 2.37. The Labute approximate surface area is 109 Å². The van der Waals surface area contributed by atoms with Crippen LogP contribution in [0.3, 0.4) is 0 Å². The van der Waals surface area contributed by atoms with E-state index in [1.165, 1.54) is 0 Å². The van der Waals surface area contributed by atoms with E-state index >= 15 is 0 Å². The molecule has 0 fully saturated rings. The van der Waals surface area contributed by atoms with Gasteiger partial charge in [-0.05, 0) is 23.1 Å². The summed E-state index contributed by atoms with van der Waals surface area (Å²) in [4.78, 5) is 0. The molecule has 1 unspecified atom stereocenters. The Morgan fingerprint density at radius 1 is 1.37 bits per heavy atom. The van der Waals surface area contributed by atoms with Gasteiger partial charge < -0.3 is 15.2 Å². The fourth-order valence-electron chi connectivity index (χ4n) is 2.13. The molecule has 0 aromatic heterocycles. The van der Waals surface area contributed by atoms with Crippen LogP contribution in [0, 0.1) is 0 Å². The van der Waals surface area contributed by atoms with Crippen LogP contribution in [-0.2, 0) is 24.3 Å². The Morgan fingerprint density at radius 2 is 2.16 bits per heavy atom. The molecule has 2 rings (SSSR count). The predicted molar refractivity (Wildman–Crippen MR) is 63.6 cm³/mol. The van der Waals surface area contributed by atoms with Crippen LogP contribution in [0.25, 0.3) is 0 Å². The Bertz CT molecular complexity index is 434. The van der Waals surface area contributed by atoms with Gasteiger partial charge in [-0.2, -0.15) is 13.2 Å². The van der Waals surface area contributed by atoms with Gasteiger partial charge in [0, 0.05) is 13.1 Å². The lowest BCUT2D eigenvalue weighted by atomic mass is 9.97. The van der Waals surface area contributed by atoms with Crippen molar-refractivity contribution in [2.24, 2.45) is 0 Å². The number of rotatable bonds is 4. The Balaban J connectivity index is 1.93. The fraction of sp³-hybridized carbons (Fsp3) is 0.538. The summed E-state index contributed by atoms with van der Waals surface area (Å²) in [5.74, 6) is 0. The van der Waals surface area contributed by atoms with E-state index in [-0.39, 0.29) is 0 Å². The normalized spacial score (nSPS) is 17.1. The predicted octanol–water partition coefficient (Wildman–Crippen LogP) is 1.77. The molecular weight excluding hydrogens is 259 g/mol. The molecule has 1 aliphatic heterocycles. The second-order valence-electron chi connectivity index (χ2n) is 4.55. The van der Waals surface area contributed by atoms with Crippen LogP contribution >= 0.6 is 0 Å². The highest BCUT2D eigenvalue weighted by molar-refractivity contribution is 5.36. The van der Waals surface area contributed by atoms with Crippen LogP contribution in [0.4, 0.5) is 13.2 Å². The number of alkyl halides is 3. The molecular formula is C13H16F3NO2. The van der Waals surface area contributed by atoms with E-state index in [0.29, 0.717) is 19.8 Å². The van der Waals surface area contributed by atoms with Crippen LogP contribution in [0.1, 0.15) is 16.7 Å². The molecule has 0 amide bonds. The van der Waals surface area contributed by atoms with Crippen molar-refractivity contribution in [3.63, 3.8) is 0 Å². The van der Waals surface area contributed by atoms with Gasteiger partial charge in [0.2, 0.25) is 0 Å². The number of hydrogen-bond donors (Lipinski definition) is 2. The first-order valence-electron chi connectivity index (χ1n) is 6.11. The van der Waals surface area contributed by atoms with Gasteiger partial charge in [0.1, 0.15) is 0 Å². The van der Waals surface area contributed by atoms with Crippen molar-refractivity contribution >= 4 is 0 Å². The van der Waals surface area contributed by atoms with Crippen molar-refractivity contribution < 1.29 is 23.0 Å². The first-order valence-corrected chi connectivity index (χ1v) is 6.11. The van der Waals surface area contributed by atoms with Crippen molar-refractivity contribution in [3.05, 3.63) is 34.9 Å². The third-order valence-electron chi connectivity index (χ3n) is 3.15. The van der Waals surface area contributed by atoms with E-state index in [9.17, 15) is 13.2 Å². The van der Waals surface area contributed by atoms with Gasteiger partial charge in [0.25, 0.3) is 0 Å². The second kappa shape index (κ2) is 5.90. The molecule has 1 aromatic rings. The van der Waals surface area contributed by atoms with Crippen molar-refractivity contribution in [3.8, 4) is 0 Å². The molecule has 3 nitrogen and oxygen atoms in total. The molecule has 1 atom stereocenters. The van der Waals surface area contributed by atoms with Crippen LogP contribution in [0.5, 0.6) is 0 Å². The molecule has 106 valence electrons. The zero-order chi connectivity index (χ0) is 13.9. The summed E-state index contributed by atoms with van der Waals surface area (Å²) in [7, 11) is 0. The van der Waals surface area contributed by atoms with Crippen molar-refractivity contribution in [2.75, 3.05) is 13.2 Å². The average Bonchev–Trinajstić information content (AvgIpc) is 2.38. The topological polar surface area (TPSA) is 41.5 Å². The molecule has 0 bridgehead atoms. The SMILES string of the molecule is OC(CNCc1cccc2c1CCOC2)C(F)(F)F. The summed E-state index contributed by atoms with van der Waals surface area (Å²) >= 11 is 0. The zero-order valence-electron chi connectivity index (χ0n) is 10.3. The van der Waals surface area contributed by atoms with Crippen LogP contribution < -0.4 is 5.32 Å². The summed E-state index contributed by atoms with van der Waals surface area (Å²) in [6, 6.07) is 5.71. The summed E-state index contributed by atoms with van der Waals surface area (Å²) in [5.41, 5.74) is 3.19. The van der Waals surface area contributed by atoms with Crippen LogP contribution in [0.2, 0.25) is 0 Å². The van der Waals surface area contributed by atoms with Crippen LogP contribution in [-0.4, -0.2) is 30.5 Å². The molecule has 1 heterocycles. The number of ether oxygens (including phenoxy) is 1. The Hall–Kier alpha value is -1.11. The molecule has 1 aromatic carbocycles. The molecule has 0 aliphatic carbocycles. The minimum Gasteiger partial charge on any atom is -0.382 e. The fourth-order valence-corrected chi connectivity index (χ4v) is 2.13. The minimum absolute atomic E-state index is 0.316. The summed E-state index contributed by atoms with van der Waals surface area (Å²) in [5, 5.41) is 11.5. The molecule has 6 heteroatoms. The van der Waals surface area contributed by atoms with Gasteiger partial charge in [0.05, 0.1) is 13.2 Å². The summed E-state index contributed by atoms with van der Waals surface area (Å²) in [6.07, 6.45) is -6.12. The number of fused-ring (bicyclic) bond motifs is 1. The van der Waals surface area contributed by atoms with Crippen molar-refractivity contribution in [1.82, 2.24) is 5.32 Å². The monoisotopic (exact) mass is 275 g/mol. The number of halogens is 3. The van der Waals surface area contributed by atoms with Crippen molar-refractivity contribution in [1.29, 1.82) is 0 Å². The highest BCUT2D eigenvalue weighted by atomic mass is 19.4. The Morgan fingerprint density at radius 3 is 2.89 bits per heavy atom. The van der Waals surface area contributed by atoms with Gasteiger partial charge >= 0.3 is 6.18 Å². The minimum atomic E-state index is -4.57. The average molecular weight is 275 g/mol. The molecule has 2 N–H and O–H groups in total. The first kappa shape index (κ1) is 14.3. The lowest BCUT2D eigenvalue weighted by Gasteiger charge is -2.21. The van der Waals surface area contributed by atoms with Crippen LogP contribution in [0.15, 0.2) is 18.2 Å². The molecule has 0 saturated carbocycles. The molecule has 0 saturated heterocycles. The molecule has 19 heavy (non-hydrogen) atoms. The van der Waals surface area contributed by atoms with E-state index in [1.807, 2.05) is 18.2 Å². The smallest absolute Gasteiger partial charge is 0.382 e. The maximum Gasteiger partial charge on any atom is 0.415 e.